The zero-order chi connectivity index (χ0) is 13.1. The van der Waals surface area contributed by atoms with Gasteiger partial charge in [-0.05, 0) is 51.6 Å². The summed E-state index contributed by atoms with van der Waals surface area (Å²) >= 11 is 0. The monoisotopic (exact) mass is 276 g/mol. The highest BCUT2D eigenvalue weighted by atomic mass is 32.2. The topological polar surface area (TPSA) is 67.4 Å². The molecule has 2 fully saturated rings. The van der Waals surface area contributed by atoms with Crippen molar-refractivity contribution >= 4 is 10.0 Å². The molecule has 0 aromatic rings. The average Bonchev–Trinajstić information content (AvgIpc) is 2.74. The van der Waals surface area contributed by atoms with E-state index in [1.807, 2.05) is 6.92 Å². The van der Waals surface area contributed by atoms with Crippen LogP contribution in [0.1, 0.15) is 32.6 Å². The van der Waals surface area contributed by atoms with Gasteiger partial charge in [-0.15, -0.1) is 0 Å². The number of nitrogens with one attached hydrogen (secondary N) is 2. The molecule has 5 nitrogen and oxygen atoms in total. The molecule has 18 heavy (non-hydrogen) atoms. The van der Waals surface area contributed by atoms with Crippen molar-refractivity contribution in [3.8, 4) is 0 Å². The summed E-state index contributed by atoms with van der Waals surface area (Å²) in [7, 11) is -3.17. The van der Waals surface area contributed by atoms with E-state index in [-0.39, 0.29) is 5.75 Å². The van der Waals surface area contributed by atoms with Crippen LogP contribution in [0.2, 0.25) is 0 Å². The summed E-state index contributed by atoms with van der Waals surface area (Å²) in [4.78, 5) is 0. The molecule has 2 heterocycles. The Morgan fingerprint density at radius 2 is 2.11 bits per heavy atom. The van der Waals surface area contributed by atoms with Crippen molar-refractivity contribution in [3.05, 3.63) is 0 Å². The lowest BCUT2D eigenvalue weighted by molar-refractivity contribution is 0.178. The summed E-state index contributed by atoms with van der Waals surface area (Å²) in [5.41, 5.74) is -0.396. The maximum atomic E-state index is 12.1. The Labute approximate surface area is 110 Å². The van der Waals surface area contributed by atoms with Crippen LogP contribution in [0, 0.1) is 5.92 Å². The van der Waals surface area contributed by atoms with Gasteiger partial charge >= 0.3 is 0 Å². The minimum absolute atomic E-state index is 0.243. The van der Waals surface area contributed by atoms with Gasteiger partial charge < -0.3 is 10.1 Å². The lowest BCUT2D eigenvalue weighted by atomic mass is 9.96. The van der Waals surface area contributed by atoms with Crippen molar-refractivity contribution in [2.75, 3.05) is 32.1 Å². The quantitative estimate of drug-likeness (QED) is 0.766. The Bertz CT molecular complexity index is 358. The molecular weight excluding hydrogens is 252 g/mol. The second-order valence-corrected chi connectivity index (χ2v) is 7.61. The van der Waals surface area contributed by atoms with E-state index in [0.717, 1.165) is 38.8 Å². The third-order valence-electron chi connectivity index (χ3n) is 3.87. The third-order valence-corrected chi connectivity index (χ3v) is 5.45. The SMILES string of the molecule is CC1(NS(=O)(=O)CCC2CCNCC2)CCOC1. The molecule has 106 valence electrons. The largest absolute Gasteiger partial charge is 0.379 e. The molecule has 0 spiro atoms. The molecule has 2 saturated heterocycles. The fraction of sp³-hybridized carbons (Fsp3) is 1.00. The van der Waals surface area contributed by atoms with Crippen LogP contribution >= 0.6 is 0 Å². The minimum atomic E-state index is -3.17. The lowest BCUT2D eigenvalue weighted by Gasteiger charge is -2.25. The zero-order valence-electron chi connectivity index (χ0n) is 11.1. The molecule has 2 aliphatic rings. The molecule has 0 aromatic heterocycles. The molecule has 0 saturated carbocycles. The van der Waals surface area contributed by atoms with Crippen LogP contribution in [-0.4, -0.2) is 46.0 Å². The summed E-state index contributed by atoms with van der Waals surface area (Å²) in [5, 5.41) is 3.30. The third kappa shape index (κ3) is 4.19. The van der Waals surface area contributed by atoms with E-state index in [4.69, 9.17) is 4.74 Å². The fourth-order valence-corrected chi connectivity index (χ4v) is 4.32. The van der Waals surface area contributed by atoms with Crippen LogP contribution < -0.4 is 10.0 Å². The predicted octanol–water partition coefficient (Wildman–Crippen LogP) is 0.475. The van der Waals surface area contributed by atoms with E-state index in [9.17, 15) is 8.42 Å². The molecule has 6 heteroatoms. The van der Waals surface area contributed by atoms with Gasteiger partial charge in [-0.25, -0.2) is 13.1 Å². The molecule has 1 atom stereocenters. The van der Waals surface area contributed by atoms with Crippen molar-refractivity contribution in [1.82, 2.24) is 10.0 Å². The Morgan fingerprint density at radius 3 is 2.72 bits per heavy atom. The summed E-state index contributed by atoms with van der Waals surface area (Å²) in [5.74, 6) is 0.795. The Morgan fingerprint density at radius 1 is 1.39 bits per heavy atom. The highest BCUT2D eigenvalue weighted by Crippen LogP contribution is 2.20. The van der Waals surface area contributed by atoms with Gasteiger partial charge in [0.25, 0.3) is 0 Å². The highest BCUT2D eigenvalue weighted by molar-refractivity contribution is 7.89. The minimum Gasteiger partial charge on any atom is -0.379 e. The number of ether oxygens (including phenoxy) is 1. The first-order valence-electron chi connectivity index (χ1n) is 6.79. The first-order valence-corrected chi connectivity index (χ1v) is 8.44. The zero-order valence-corrected chi connectivity index (χ0v) is 11.9. The molecule has 0 amide bonds. The molecule has 2 N–H and O–H groups in total. The fourth-order valence-electron chi connectivity index (χ4n) is 2.67. The molecule has 0 aromatic carbocycles. The second kappa shape index (κ2) is 5.86. The summed E-state index contributed by atoms with van der Waals surface area (Å²) in [6, 6.07) is 0. The Hall–Kier alpha value is -0.170. The second-order valence-electron chi connectivity index (χ2n) is 5.77. The van der Waals surface area contributed by atoms with Crippen LogP contribution in [0.3, 0.4) is 0 Å². The number of sulfonamides is 1. The van der Waals surface area contributed by atoms with E-state index in [0.29, 0.717) is 19.1 Å². The van der Waals surface area contributed by atoms with Crippen molar-refractivity contribution < 1.29 is 13.2 Å². The van der Waals surface area contributed by atoms with E-state index in [2.05, 4.69) is 10.0 Å². The number of piperidine rings is 1. The van der Waals surface area contributed by atoms with Gasteiger partial charge in [-0.2, -0.15) is 0 Å². The summed E-state index contributed by atoms with van der Waals surface area (Å²) < 4.78 is 32.2. The van der Waals surface area contributed by atoms with Crippen LogP contribution in [0.5, 0.6) is 0 Å². The first-order chi connectivity index (χ1) is 8.49. The van der Waals surface area contributed by atoms with Crippen LogP contribution in [0.25, 0.3) is 0 Å². The molecule has 1 unspecified atom stereocenters. The van der Waals surface area contributed by atoms with Crippen molar-refractivity contribution in [2.45, 2.75) is 38.1 Å². The van der Waals surface area contributed by atoms with Crippen LogP contribution in [0.4, 0.5) is 0 Å². The summed E-state index contributed by atoms with van der Waals surface area (Å²) in [6.45, 7) is 5.09. The standard InChI is InChI=1S/C12H24N2O3S/c1-12(5-8-17-10-12)14-18(15,16)9-4-11-2-6-13-7-3-11/h11,13-14H,2-10H2,1H3. The van der Waals surface area contributed by atoms with Crippen molar-refractivity contribution in [3.63, 3.8) is 0 Å². The van der Waals surface area contributed by atoms with E-state index < -0.39 is 15.6 Å². The number of hydrogen-bond donors (Lipinski definition) is 2. The maximum Gasteiger partial charge on any atom is 0.212 e. The molecular formula is C12H24N2O3S. The van der Waals surface area contributed by atoms with E-state index in [1.54, 1.807) is 0 Å². The molecule has 0 aliphatic carbocycles. The molecule has 2 aliphatic heterocycles. The first kappa shape index (κ1) is 14.2. The van der Waals surface area contributed by atoms with Crippen molar-refractivity contribution in [2.24, 2.45) is 5.92 Å². The van der Waals surface area contributed by atoms with Gasteiger partial charge in [-0.3, -0.25) is 0 Å². The van der Waals surface area contributed by atoms with Crippen LogP contribution in [-0.2, 0) is 14.8 Å². The van der Waals surface area contributed by atoms with Gasteiger partial charge in [0.2, 0.25) is 10.0 Å². The molecule has 0 bridgehead atoms. The maximum absolute atomic E-state index is 12.1. The van der Waals surface area contributed by atoms with Crippen molar-refractivity contribution in [1.29, 1.82) is 0 Å². The molecule has 2 rings (SSSR count). The molecule has 0 radical (unpaired) electrons. The van der Waals surface area contributed by atoms with Gasteiger partial charge in [0.15, 0.2) is 0 Å². The number of hydrogen-bond acceptors (Lipinski definition) is 4. The van der Waals surface area contributed by atoms with Gasteiger partial charge in [0.05, 0.1) is 17.9 Å². The van der Waals surface area contributed by atoms with Gasteiger partial charge in [-0.1, -0.05) is 0 Å². The van der Waals surface area contributed by atoms with E-state index in [1.165, 1.54) is 0 Å². The predicted molar refractivity (Wildman–Crippen MR) is 71.0 cm³/mol. The van der Waals surface area contributed by atoms with Gasteiger partial charge in [0.1, 0.15) is 0 Å². The number of rotatable bonds is 5. The lowest BCUT2D eigenvalue weighted by Crippen LogP contribution is -2.47. The smallest absolute Gasteiger partial charge is 0.212 e. The van der Waals surface area contributed by atoms with Crippen LogP contribution in [0.15, 0.2) is 0 Å². The normalized spacial score (nSPS) is 30.7. The highest BCUT2D eigenvalue weighted by Gasteiger charge is 2.33. The average molecular weight is 276 g/mol. The summed E-state index contributed by atoms with van der Waals surface area (Å²) in [6.07, 6.45) is 3.72. The van der Waals surface area contributed by atoms with E-state index >= 15 is 0 Å². The Kier molecular flexibility index (Phi) is 4.64. The Balaban J connectivity index is 1.79. The van der Waals surface area contributed by atoms with Gasteiger partial charge in [0, 0.05) is 6.61 Å².